The van der Waals surface area contributed by atoms with E-state index in [-0.39, 0.29) is 26.2 Å². The predicted molar refractivity (Wildman–Crippen MR) is 398 cm³/mol. The Morgan fingerprint density at radius 2 is 0.597 bits per heavy atom. The molecule has 0 heterocycles. The van der Waals surface area contributed by atoms with Gasteiger partial charge in [-0.2, -0.15) is 143 Å². The van der Waals surface area contributed by atoms with Gasteiger partial charge >= 0.3 is 122 Å². The second-order valence-electron chi connectivity index (χ2n) is 24.6. The Bertz CT molecular complexity index is 5580. The molecule has 0 aromatic rings. The van der Waals surface area contributed by atoms with Gasteiger partial charge in [0.2, 0.25) is 5.78 Å². The quantitative estimate of drug-likeness (QED) is 0.0130. The van der Waals surface area contributed by atoms with Gasteiger partial charge < -0.3 is 64.9 Å². The summed E-state index contributed by atoms with van der Waals surface area (Å²) in [5.41, 5.74) is -6.65. The molecule has 0 aromatic heterocycles. The monoisotopic (exact) mass is 2430 g/mol. The van der Waals surface area contributed by atoms with Gasteiger partial charge in [0.05, 0.1) is 17.4 Å². The average Bonchev–Trinajstić information content (AvgIpc) is 0.800. The number of allylic oxidation sites excluding steroid dienone is 1. The molecule has 0 unspecified atom stereocenters. The van der Waals surface area contributed by atoms with Crippen molar-refractivity contribution in [3.63, 3.8) is 0 Å². The van der Waals surface area contributed by atoms with E-state index in [2.05, 4.69) is 42.8 Å². The van der Waals surface area contributed by atoms with Crippen molar-refractivity contribution in [2.45, 2.75) is 182 Å². The van der Waals surface area contributed by atoms with Crippen LogP contribution in [0, 0.1) is 5.41 Å². The maximum absolute atomic E-state index is 12.5. The first-order chi connectivity index (χ1) is 59.8. The standard InChI is InChI=1S/C8H14F2O5S.C7H12F2O5S.C6H10F2O5S.C5H6F4O5S.C5H10F2O6S2.C5H6F2O4S.C4H8F2O6S2.C4H6F2O5S.C3H3Cl3F2O6S2.CHF3O3S.CH2O/c1-7(2,3)4-6(11)15-5-8(9,10)16(12,13)14;1-2-3-4-6(10)14-5-7(8,9)15(11,12)13;1-2-3-5(9)13-4-6(7,8)14(10,11)12;1-4(6,7)3(10)14-2-5(8,9)15(11,12)13;1-4(2)14(8,9)13-3-5(6,7)15(10,11)12;1-3(2)4(8)5(6,7)12(9,10)11;1-2-13(7,8)12-3-4(5,6)14(9,10)11;1-3(7)11-2-4(5,6)12(8,9)10;4-3(5,6)16(12,13)14-1-2(7,8)15(9,10)11;2-1(3,4)8(5,6)7;1-2/h4-5H2,1-3H3,(H,12,13,14);2-5H2,1H3,(H,11,12,13);2-4H2,1H3,(H,10,11,12);2H2,1H3,(H,11,12,13);4H,3H2,1-2H3,(H,10,11,12);1H2,2H3,(H,9,10,11);2-3H2,1H3,(H,9,10,11);2H2,1H3,(H,8,9,10);1H2,(H,9,10,11);(H,5,6,7);1H2/p-8. The molecule has 0 spiro atoms. The Morgan fingerprint density at radius 1 is 0.360 bits per heavy atom. The molecule has 90 heteroatoms. The molecule has 0 atom stereocenters. The van der Waals surface area contributed by atoms with Gasteiger partial charge in [-0.15, -0.1) is 0 Å². The summed E-state index contributed by atoms with van der Waals surface area (Å²) in [6.07, 6.45) is 1.18. The molecule has 0 bridgehead atoms. The maximum Gasteiger partial charge on any atom is 0.522 e. The molecule has 2 N–H and O–H groups in total. The minimum absolute atomic E-state index is 0.0686. The number of carbonyl (C=O) groups excluding carboxylic acids is 7. The van der Waals surface area contributed by atoms with Crippen LogP contribution in [0.4, 0.5) is 101 Å². The summed E-state index contributed by atoms with van der Waals surface area (Å²) in [6.45, 7) is 3.05. The number of ketones is 1. The van der Waals surface area contributed by atoms with Crippen LogP contribution in [0.1, 0.15) is 115 Å². The second-order valence-corrected chi connectivity index (χ2v) is 48.4. The second kappa shape index (κ2) is 58.8. The Morgan fingerprint density at radius 3 is 0.791 bits per heavy atom. The zero-order valence-electron chi connectivity index (χ0n) is 69.6. The van der Waals surface area contributed by atoms with E-state index in [1.165, 1.54) is 0 Å². The summed E-state index contributed by atoms with van der Waals surface area (Å²) < 4.78 is 661. The predicted octanol–water partition coefficient (Wildman–Crippen LogP) is 3.43. The summed E-state index contributed by atoms with van der Waals surface area (Å²) in [5.74, 6) is -13.0. The number of halogens is 26. The van der Waals surface area contributed by atoms with E-state index < -0.39 is 304 Å². The van der Waals surface area contributed by atoms with Crippen molar-refractivity contribution in [2.24, 2.45) is 5.41 Å². The number of ether oxygens (including phenoxy) is 5. The van der Waals surface area contributed by atoms with Crippen LogP contribution < -0.4 is 0 Å². The Hall–Kier alpha value is -5.48. The van der Waals surface area contributed by atoms with Crippen molar-refractivity contribution in [1.82, 2.24) is 0 Å². The fourth-order valence-corrected chi connectivity index (χ4v) is 7.97. The van der Waals surface area contributed by atoms with Crippen molar-refractivity contribution >= 4 is 209 Å². The molecule has 0 radical (unpaired) electrons. The highest BCUT2D eigenvalue weighted by Gasteiger charge is 2.53. The first-order valence-corrected chi connectivity index (χ1v) is 51.9. The Kier molecular flexibility index (Phi) is 66.0. The molecule has 0 aromatic carbocycles. The minimum atomic E-state index is -6.07. The topological polar surface area (TPSA) is 862 Å². The van der Waals surface area contributed by atoms with Gasteiger partial charge in [0.25, 0.3) is 20.2 Å². The van der Waals surface area contributed by atoms with Gasteiger partial charge in [-0.05, 0) is 51.5 Å². The van der Waals surface area contributed by atoms with Crippen LogP contribution in [0.3, 0.4) is 0 Å². The fraction of sp³-hybridized carbons (Fsp3) is 0.816. The molecular formula is C49H70Cl3F23O51S13-8. The number of Topliss-reactive ketones (excluding diaryl/α,β-unsaturated/α-hetero) is 1. The smallest absolute Gasteiger partial charge is 0.522 e. The lowest BCUT2D eigenvalue weighted by molar-refractivity contribution is -0.174. The first-order valence-electron chi connectivity index (χ1n) is 32.2. The minimum Gasteiger partial charge on any atom is -0.743 e. The van der Waals surface area contributed by atoms with Crippen LogP contribution in [-0.4, -0.2) is 323 Å². The molecule has 0 aliphatic carbocycles. The molecule has 139 heavy (non-hydrogen) atoms. The Balaban J connectivity index is -0.000000146. The van der Waals surface area contributed by atoms with Crippen LogP contribution in [0.15, 0.2) is 12.2 Å². The van der Waals surface area contributed by atoms with Gasteiger partial charge in [-0.25, -0.2) is 72.1 Å². The highest BCUT2D eigenvalue weighted by Crippen LogP contribution is 2.36. The van der Waals surface area contributed by atoms with Crippen LogP contribution in [-0.2, 0) is 201 Å². The lowest BCUT2D eigenvalue weighted by Crippen LogP contribution is -2.37. The highest BCUT2D eigenvalue weighted by atomic mass is 35.6. The molecule has 0 saturated heterocycles. The summed E-state index contributed by atoms with van der Waals surface area (Å²) >= 11 is 14.4. The average molecular weight is 2440 g/mol. The van der Waals surface area contributed by atoms with E-state index >= 15 is 0 Å². The number of hydrogen-bond donors (Lipinski definition) is 2. The van der Waals surface area contributed by atoms with Crippen molar-refractivity contribution in [3.8, 4) is 0 Å². The largest absolute Gasteiger partial charge is 0.743 e. The van der Waals surface area contributed by atoms with Crippen LogP contribution in [0.5, 0.6) is 0 Å². The molecule has 0 rings (SSSR count). The molecule has 0 amide bonds. The van der Waals surface area contributed by atoms with E-state index in [9.17, 15) is 267 Å². The van der Waals surface area contributed by atoms with Crippen LogP contribution in [0.25, 0.3) is 0 Å². The summed E-state index contributed by atoms with van der Waals surface area (Å²) in [5, 5.41) is -43.5. The van der Waals surface area contributed by atoms with Crippen molar-refractivity contribution in [2.75, 3.05) is 58.6 Å². The van der Waals surface area contributed by atoms with Gasteiger partial charge in [-0.3, -0.25) is 45.6 Å². The molecule has 51 nitrogen and oxygen atoms in total. The summed E-state index contributed by atoms with van der Waals surface area (Å²) in [4.78, 5) is 70.9. The number of hydrogen-bond acceptors (Lipinski definition) is 49. The van der Waals surface area contributed by atoms with Gasteiger partial charge in [0, 0.05) is 26.7 Å². The number of rotatable bonds is 39. The molecule has 0 aliphatic heterocycles. The van der Waals surface area contributed by atoms with E-state index in [1.807, 2.05) is 6.79 Å². The normalized spacial score (nSPS) is 13.4. The molecule has 0 fully saturated rings. The van der Waals surface area contributed by atoms with Crippen LogP contribution >= 0.6 is 34.8 Å². The van der Waals surface area contributed by atoms with Crippen LogP contribution in [0.2, 0.25) is 0 Å². The molecule has 0 aliphatic rings. The Labute approximate surface area is 787 Å². The third kappa shape index (κ3) is 68.5. The number of carbonyl (C=O) groups is 7. The zero-order valence-corrected chi connectivity index (χ0v) is 82.5. The molecular weight excluding hydrogens is 2360 g/mol. The summed E-state index contributed by atoms with van der Waals surface area (Å²) in [6, 6.07) is 0. The zero-order chi connectivity index (χ0) is 116. The molecule has 0 saturated carbocycles. The van der Waals surface area contributed by atoms with E-state index in [0.717, 1.165) is 34.6 Å². The number of alkyl halides is 26. The van der Waals surface area contributed by atoms with Crippen molar-refractivity contribution < 1.29 is 326 Å². The number of unbranched alkanes of at least 4 members (excludes halogenated alkanes) is 1. The fourth-order valence-electron chi connectivity index (χ4n) is 3.79. The van der Waals surface area contributed by atoms with Gasteiger partial charge in [-0.1, -0.05) is 82.4 Å². The van der Waals surface area contributed by atoms with Crippen molar-refractivity contribution in [1.29, 1.82) is 0 Å². The van der Waals surface area contributed by atoms with Gasteiger partial charge in [0.15, 0.2) is 114 Å². The molecule has 840 valence electrons. The third-order valence-corrected chi connectivity index (χ3v) is 24.5. The number of esters is 5. The van der Waals surface area contributed by atoms with E-state index in [4.69, 9.17) is 57.1 Å². The highest BCUT2D eigenvalue weighted by molar-refractivity contribution is 7.93. The first kappa shape index (κ1) is 156. The van der Waals surface area contributed by atoms with Gasteiger partial charge in [0.1, 0.15) is 26.6 Å². The van der Waals surface area contributed by atoms with E-state index in [1.54, 1.807) is 34.6 Å². The van der Waals surface area contributed by atoms with Crippen molar-refractivity contribution in [3.05, 3.63) is 12.2 Å². The lowest BCUT2D eigenvalue weighted by atomic mass is 9.93. The van der Waals surface area contributed by atoms with E-state index in [0.29, 0.717) is 19.3 Å². The SMILES string of the molecule is C=C(C)C(=O)C(F)(F)S(=O)(=O)O.C=O.CC(=O)OCC(F)(F)S(=O)(=O)[O-].CC(C)(C)CC(=O)OCC(F)(F)S(=O)(=O)[O-].CC(C)S(=O)(=O)OCC(F)(F)S(=O)(=O)[O-].CC(F)(F)C(=O)OCC(F)(F)S(=O)(=O)[O-].CCCC(=O)OCC(F)(F)S(=O)(=O)[O-].CCCCC(=O)OCC(F)(F)S(=O)(=O)[O-].CCS(=O)(=O)OCC(F)(F)S(=O)(=O)[O-].O=S(=O)(O)C(F)(F)F.O=S(=O)([O-])C(F)(F)COS(=O)(=O)C(Cl)(Cl)Cl. The lowest BCUT2D eigenvalue weighted by Gasteiger charge is -2.21. The maximum atomic E-state index is 12.5. The third-order valence-electron chi connectivity index (χ3n) is 10.8. The summed E-state index contributed by atoms with van der Waals surface area (Å²) in [7, 11) is -72.1.